The minimum absolute atomic E-state index is 0.556. The molecule has 0 radical (unpaired) electrons. The third-order valence-electron chi connectivity index (χ3n) is 6.47. The minimum atomic E-state index is 0.556. The highest BCUT2D eigenvalue weighted by molar-refractivity contribution is 6.05. The van der Waals surface area contributed by atoms with Crippen LogP contribution in [0.25, 0.3) is 22.0 Å². The van der Waals surface area contributed by atoms with E-state index in [9.17, 15) is 0 Å². The highest BCUT2D eigenvalue weighted by Gasteiger charge is 2.21. The predicted molar refractivity (Wildman–Crippen MR) is 132 cm³/mol. The molecule has 1 fully saturated rings. The predicted octanol–water partition coefficient (Wildman–Crippen LogP) is 6.07. The fourth-order valence-electron chi connectivity index (χ4n) is 4.84. The van der Waals surface area contributed by atoms with Gasteiger partial charge in [0.15, 0.2) is 5.82 Å². The SMILES string of the molecule is Cc1cccc(C)c1-c1cc(Nc2ccccc2)cc2c1c(N)nn2CC1CCOCC1. The molecule has 164 valence electrons. The lowest BCUT2D eigenvalue weighted by Crippen LogP contribution is -2.21. The zero-order valence-corrected chi connectivity index (χ0v) is 18.8. The highest BCUT2D eigenvalue weighted by atomic mass is 16.5. The normalized spacial score (nSPS) is 14.7. The van der Waals surface area contributed by atoms with Crippen LogP contribution in [0.1, 0.15) is 24.0 Å². The zero-order chi connectivity index (χ0) is 22.1. The Bertz CT molecular complexity index is 1220. The molecule has 1 aliphatic rings. The molecule has 5 heteroatoms. The summed E-state index contributed by atoms with van der Waals surface area (Å²) in [5.74, 6) is 1.15. The van der Waals surface area contributed by atoms with E-state index in [4.69, 9.17) is 15.6 Å². The lowest BCUT2D eigenvalue weighted by atomic mass is 9.92. The van der Waals surface area contributed by atoms with E-state index in [1.807, 2.05) is 18.2 Å². The van der Waals surface area contributed by atoms with Crippen molar-refractivity contribution in [2.75, 3.05) is 24.3 Å². The van der Waals surface area contributed by atoms with Gasteiger partial charge in [0.25, 0.3) is 0 Å². The van der Waals surface area contributed by atoms with Crippen molar-refractivity contribution < 1.29 is 4.74 Å². The Hall–Kier alpha value is -3.31. The summed E-state index contributed by atoms with van der Waals surface area (Å²) >= 11 is 0. The van der Waals surface area contributed by atoms with Crippen molar-refractivity contribution in [1.82, 2.24) is 9.78 Å². The van der Waals surface area contributed by atoms with Gasteiger partial charge in [-0.25, -0.2) is 0 Å². The third kappa shape index (κ3) is 3.96. The molecule has 0 amide bonds. The third-order valence-corrected chi connectivity index (χ3v) is 6.47. The zero-order valence-electron chi connectivity index (χ0n) is 18.8. The monoisotopic (exact) mass is 426 g/mol. The van der Waals surface area contributed by atoms with Crippen molar-refractivity contribution in [1.29, 1.82) is 0 Å². The molecule has 1 aliphatic heterocycles. The molecule has 0 atom stereocenters. The van der Waals surface area contributed by atoms with Gasteiger partial charge in [-0.15, -0.1) is 0 Å². The van der Waals surface area contributed by atoms with Crippen molar-refractivity contribution in [2.45, 2.75) is 33.2 Å². The number of rotatable bonds is 5. The van der Waals surface area contributed by atoms with Gasteiger partial charge in [0.1, 0.15) is 0 Å². The number of nitrogens with zero attached hydrogens (tertiary/aromatic N) is 2. The first-order valence-corrected chi connectivity index (χ1v) is 11.4. The number of anilines is 3. The fraction of sp³-hybridized carbons (Fsp3) is 0.296. The maximum atomic E-state index is 6.55. The van der Waals surface area contributed by atoms with Gasteiger partial charge < -0.3 is 15.8 Å². The van der Waals surface area contributed by atoms with E-state index in [1.165, 1.54) is 16.7 Å². The summed E-state index contributed by atoms with van der Waals surface area (Å²) in [5, 5.41) is 9.42. The van der Waals surface area contributed by atoms with Crippen LogP contribution >= 0.6 is 0 Å². The van der Waals surface area contributed by atoms with E-state index in [-0.39, 0.29) is 0 Å². The van der Waals surface area contributed by atoms with Gasteiger partial charge in [-0.1, -0.05) is 36.4 Å². The van der Waals surface area contributed by atoms with Gasteiger partial charge in [0.05, 0.1) is 10.9 Å². The number of nitrogen functional groups attached to an aromatic ring is 1. The van der Waals surface area contributed by atoms with Crippen LogP contribution < -0.4 is 11.1 Å². The van der Waals surface area contributed by atoms with Crippen molar-refractivity contribution in [3.05, 3.63) is 71.8 Å². The second-order valence-corrected chi connectivity index (χ2v) is 8.80. The number of hydrogen-bond acceptors (Lipinski definition) is 4. The maximum Gasteiger partial charge on any atom is 0.154 e. The summed E-state index contributed by atoms with van der Waals surface area (Å²) in [5.41, 5.74) is 14.5. The Morgan fingerprint density at radius 3 is 2.41 bits per heavy atom. The number of hydrogen-bond donors (Lipinski definition) is 2. The first-order valence-electron chi connectivity index (χ1n) is 11.4. The molecule has 3 N–H and O–H groups in total. The van der Waals surface area contributed by atoms with Crippen LogP contribution in [0.4, 0.5) is 17.2 Å². The van der Waals surface area contributed by atoms with Gasteiger partial charge in [0.2, 0.25) is 0 Å². The second-order valence-electron chi connectivity index (χ2n) is 8.80. The number of benzene rings is 3. The molecule has 4 aromatic rings. The minimum Gasteiger partial charge on any atom is -0.382 e. The topological polar surface area (TPSA) is 65.1 Å². The van der Waals surface area contributed by atoms with Crippen molar-refractivity contribution >= 4 is 28.1 Å². The van der Waals surface area contributed by atoms with E-state index in [0.717, 1.165) is 60.4 Å². The Kier molecular flexibility index (Phi) is 5.58. The average molecular weight is 427 g/mol. The van der Waals surface area contributed by atoms with E-state index in [0.29, 0.717) is 11.7 Å². The van der Waals surface area contributed by atoms with Gasteiger partial charge in [-0.2, -0.15) is 5.10 Å². The molecule has 0 unspecified atom stereocenters. The van der Waals surface area contributed by atoms with E-state index < -0.39 is 0 Å². The van der Waals surface area contributed by atoms with Gasteiger partial charge in [-0.3, -0.25) is 4.68 Å². The number of fused-ring (bicyclic) bond motifs is 1. The number of ether oxygens (including phenoxy) is 1. The second kappa shape index (κ2) is 8.67. The Morgan fingerprint density at radius 1 is 0.969 bits per heavy atom. The standard InChI is InChI=1S/C27H30N4O/c1-18-7-6-8-19(2)25(18)23-15-22(29-21-9-4-3-5-10-21)16-24-26(23)27(28)30-31(24)17-20-11-13-32-14-12-20/h3-10,15-16,20,29H,11-14,17H2,1-2H3,(H2,28,30). The summed E-state index contributed by atoms with van der Waals surface area (Å²) < 4.78 is 7.66. The van der Waals surface area contributed by atoms with Crippen LogP contribution in [0.3, 0.4) is 0 Å². The molecule has 5 nitrogen and oxygen atoms in total. The maximum absolute atomic E-state index is 6.55. The largest absolute Gasteiger partial charge is 0.382 e. The summed E-state index contributed by atoms with van der Waals surface area (Å²) in [4.78, 5) is 0. The molecule has 1 aromatic heterocycles. The molecule has 2 heterocycles. The first kappa shape index (κ1) is 20.6. The Morgan fingerprint density at radius 2 is 1.69 bits per heavy atom. The molecule has 32 heavy (non-hydrogen) atoms. The van der Waals surface area contributed by atoms with E-state index >= 15 is 0 Å². The molecule has 1 saturated heterocycles. The molecule has 0 bridgehead atoms. The van der Waals surface area contributed by atoms with E-state index in [1.54, 1.807) is 0 Å². The van der Waals surface area contributed by atoms with Crippen LogP contribution in [0.5, 0.6) is 0 Å². The quantitative estimate of drug-likeness (QED) is 0.406. The first-order chi connectivity index (χ1) is 15.6. The van der Waals surface area contributed by atoms with Crippen molar-refractivity contribution in [3.63, 3.8) is 0 Å². The number of nitrogens with one attached hydrogen (secondary N) is 1. The summed E-state index contributed by atoms with van der Waals surface area (Å²) in [6, 6.07) is 21.1. The van der Waals surface area contributed by atoms with Crippen LogP contribution in [0.15, 0.2) is 60.7 Å². The van der Waals surface area contributed by atoms with Crippen LogP contribution in [-0.2, 0) is 11.3 Å². The smallest absolute Gasteiger partial charge is 0.154 e. The number of para-hydroxylation sites is 1. The van der Waals surface area contributed by atoms with Gasteiger partial charge in [0, 0.05) is 31.1 Å². The van der Waals surface area contributed by atoms with Crippen LogP contribution in [0.2, 0.25) is 0 Å². The van der Waals surface area contributed by atoms with Crippen LogP contribution in [-0.4, -0.2) is 23.0 Å². The summed E-state index contributed by atoms with van der Waals surface area (Å²) in [6.07, 6.45) is 2.12. The lowest BCUT2D eigenvalue weighted by Gasteiger charge is -2.22. The Balaban J connectivity index is 1.68. The Labute approximate surface area is 189 Å². The number of aromatic nitrogens is 2. The lowest BCUT2D eigenvalue weighted by molar-refractivity contribution is 0.0606. The van der Waals surface area contributed by atoms with Gasteiger partial charge in [-0.05, 0) is 79.1 Å². The fourth-order valence-corrected chi connectivity index (χ4v) is 4.84. The number of nitrogens with two attached hydrogens (primary N) is 1. The number of aryl methyl sites for hydroxylation is 2. The van der Waals surface area contributed by atoms with Crippen molar-refractivity contribution in [3.8, 4) is 11.1 Å². The molecule has 0 spiro atoms. The van der Waals surface area contributed by atoms with E-state index in [2.05, 4.69) is 66.3 Å². The highest BCUT2D eigenvalue weighted by Crippen LogP contribution is 2.39. The molecular weight excluding hydrogens is 396 g/mol. The van der Waals surface area contributed by atoms with Crippen molar-refractivity contribution in [2.24, 2.45) is 5.92 Å². The van der Waals surface area contributed by atoms with Crippen LogP contribution in [0, 0.1) is 19.8 Å². The molecule has 3 aromatic carbocycles. The molecule has 5 rings (SSSR count). The summed E-state index contributed by atoms with van der Waals surface area (Å²) in [6.45, 7) is 6.84. The molecule has 0 aliphatic carbocycles. The molecule has 0 saturated carbocycles. The summed E-state index contributed by atoms with van der Waals surface area (Å²) in [7, 11) is 0. The average Bonchev–Trinajstić information content (AvgIpc) is 3.10. The molecular formula is C27H30N4O. The van der Waals surface area contributed by atoms with Gasteiger partial charge >= 0.3 is 0 Å².